The van der Waals surface area contributed by atoms with Gasteiger partial charge in [-0.25, -0.2) is 9.78 Å². The zero-order chi connectivity index (χ0) is 12.6. The summed E-state index contributed by atoms with van der Waals surface area (Å²) in [6.45, 7) is 0.731. The molecule has 1 unspecified atom stereocenters. The number of carbonyl (C=O) groups is 1. The molecule has 1 aliphatic rings. The van der Waals surface area contributed by atoms with Gasteiger partial charge in [-0.05, 0) is 0 Å². The molecule has 0 aromatic carbocycles. The molecule has 94 valence electrons. The lowest BCUT2D eigenvalue weighted by atomic mass is 10.1. The third kappa shape index (κ3) is 2.85. The molecule has 1 aliphatic heterocycles. The van der Waals surface area contributed by atoms with E-state index in [0.29, 0.717) is 19.0 Å². The molecule has 4 N–H and O–H groups in total. The molecule has 0 bridgehead atoms. The highest BCUT2D eigenvalue weighted by Gasteiger charge is 2.27. The molecular weight excluding hydrogens is 249 g/mol. The van der Waals surface area contributed by atoms with Crippen LogP contribution in [0.4, 0.5) is 5.95 Å². The Morgan fingerprint density at radius 2 is 2.35 bits per heavy atom. The highest BCUT2D eigenvalue weighted by Crippen LogP contribution is 2.38. The van der Waals surface area contributed by atoms with Crippen molar-refractivity contribution in [1.82, 2.24) is 9.55 Å². The summed E-state index contributed by atoms with van der Waals surface area (Å²) in [7, 11) is -4.05. The SMILES string of the molecule is O=C(O)c1cn2c(n1)NCC(CP(=O)(O)O)C2. The van der Waals surface area contributed by atoms with Crippen molar-refractivity contribution in [2.45, 2.75) is 6.54 Å². The molecule has 0 saturated heterocycles. The van der Waals surface area contributed by atoms with Gasteiger partial charge in [-0.15, -0.1) is 0 Å². The summed E-state index contributed by atoms with van der Waals surface area (Å²) in [5.74, 6) is -0.941. The number of carboxylic acid groups (broad SMARTS) is 1. The number of anilines is 1. The van der Waals surface area contributed by atoms with Crippen molar-refractivity contribution in [1.29, 1.82) is 0 Å². The zero-order valence-electron chi connectivity index (χ0n) is 8.78. The van der Waals surface area contributed by atoms with Crippen LogP contribution in [0.2, 0.25) is 0 Å². The van der Waals surface area contributed by atoms with Gasteiger partial charge >= 0.3 is 13.6 Å². The first-order valence-electron chi connectivity index (χ1n) is 4.94. The summed E-state index contributed by atoms with van der Waals surface area (Å²) < 4.78 is 12.4. The van der Waals surface area contributed by atoms with Crippen LogP contribution in [0.3, 0.4) is 0 Å². The predicted octanol–water partition coefficient (Wildman–Crippen LogP) is -0.199. The Morgan fingerprint density at radius 3 is 2.94 bits per heavy atom. The Bertz CT molecular complexity index is 493. The molecule has 0 amide bonds. The van der Waals surface area contributed by atoms with Gasteiger partial charge in [0.15, 0.2) is 5.69 Å². The number of fused-ring (bicyclic) bond motifs is 1. The number of hydrogen-bond donors (Lipinski definition) is 4. The van der Waals surface area contributed by atoms with Crippen molar-refractivity contribution in [2.24, 2.45) is 5.92 Å². The number of rotatable bonds is 3. The Labute approximate surface area is 96.4 Å². The van der Waals surface area contributed by atoms with Crippen LogP contribution in [-0.4, -0.2) is 43.1 Å². The molecule has 0 spiro atoms. The molecule has 0 aliphatic carbocycles. The minimum atomic E-state index is -4.05. The van der Waals surface area contributed by atoms with Gasteiger partial charge in [-0.1, -0.05) is 0 Å². The van der Waals surface area contributed by atoms with Crippen LogP contribution in [0.5, 0.6) is 0 Å². The van der Waals surface area contributed by atoms with Crippen LogP contribution >= 0.6 is 7.60 Å². The standard InChI is InChI=1S/C8H12N3O5P/c12-7(13)6-3-11-2-5(4-17(14,15)16)1-9-8(11)10-6/h3,5H,1-2,4H2,(H,9,10)(H,12,13)(H2,14,15,16). The van der Waals surface area contributed by atoms with Crippen molar-refractivity contribution < 1.29 is 24.3 Å². The second-order valence-corrected chi connectivity index (χ2v) is 5.70. The number of nitrogens with one attached hydrogen (secondary N) is 1. The number of aromatic carboxylic acids is 1. The van der Waals surface area contributed by atoms with Gasteiger partial charge in [0.1, 0.15) is 0 Å². The summed E-state index contributed by atoms with van der Waals surface area (Å²) in [5.41, 5.74) is -0.0793. The minimum Gasteiger partial charge on any atom is -0.476 e. The third-order valence-corrected chi connectivity index (χ3v) is 3.49. The van der Waals surface area contributed by atoms with Crippen molar-refractivity contribution in [2.75, 3.05) is 18.0 Å². The zero-order valence-corrected chi connectivity index (χ0v) is 9.67. The largest absolute Gasteiger partial charge is 0.476 e. The maximum Gasteiger partial charge on any atom is 0.356 e. The fraction of sp³-hybridized carbons (Fsp3) is 0.500. The highest BCUT2D eigenvalue weighted by atomic mass is 31.2. The fourth-order valence-electron chi connectivity index (χ4n) is 1.84. The van der Waals surface area contributed by atoms with E-state index in [1.54, 1.807) is 4.57 Å². The van der Waals surface area contributed by atoms with Crippen LogP contribution in [0.1, 0.15) is 10.5 Å². The third-order valence-electron chi connectivity index (χ3n) is 2.50. The molecule has 2 heterocycles. The van der Waals surface area contributed by atoms with Gasteiger partial charge in [0.25, 0.3) is 0 Å². The molecule has 2 rings (SSSR count). The number of aromatic nitrogens is 2. The molecule has 1 atom stereocenters. The summed E-state index contributed by atoms with van der Waals surface area (Å²) in [6, 6.07) is 0. The topological polar surface area (TPSA) is 125 Å². The number of imidazole rings is 1. The average molecular weight is 261 g/mol. The van der Waals surface area contributed by atoms with Crippen LogP contribution in [0.15, 0.2) is 6.20 Å². The van der Waals surface area contributed by atoms with E-state index in [2.05, 4.69) is 10.3 Å². The lowest BCUT2D eigenvalue weighted by Crippen LogP contribution is -2.29. The molecule has 1 aromatic rings. The Kier molecular flexibility index (Phi) is 2.94. The number of carboxylic acids is 1. The lowest BCUT2D eigenvalue weighted by Gasteiger charge is -2.24. The molecular formula is C8H12N3O5P. The Hall–Kier alpha value is -1.37. The van der Waals surface area contributed by atoms with Crippen LogP contribution in [0.25, 0.3) is 0 Å². The molecule has 0 saturated carbocycles. The maximum atomic E-state index is 10.9. The molecule has 0 radical (unpaired) electrons. The van der Waals surface area contributed by atoms with E-state index in [-0.39, 0.29) is 17.8 Å². The predicted molar refractivity (Wildman–Crippen MR) is 58.1 cm³/mol. The number of hydrogen-bond acceptors (Lipinski definition) is 4. The lowest BCUT2D eigenvalue weighted by molar-refractivity contribution is 0.0691. The summed E-state index contributed by atoms with van der Waals surface area (Å²) >= 11 is 0. The van der Waals surface area contributed by atoms with E-state index >= 15 is 0 Å². The second kappa shape index (κ2) is 4.14. The second-order valence-electron chi connectivity index (χ2n) is 4.00. The van der Waals surface area contributed by atoms with Crippen molar-refractivity contribution in [3.05, 3.63) is 11.9 Å². The van der Waals surface area contributed by atoms with Crippen molar-refractivity contribution in [3.63, 3.8) is 0 Å². The fourth-order valence-corrected chi connectivity index (χ4v) is 2.75. The monoisotopic (exact) mass is 261 g/mol. The smallest absolute Gasteiger partial charge is 0.356 e. The van der Waals surface area contributed by atoms with Crippen molar-refractivity contribution >= 4 is 19.5 Å². The van der Waals surface area contributed by atoms with Crippen LogP contribution in [-0.2, 0) is 11.1 Å². The first kappa shape index (κ1) is 12.1. The number of nitrogens with zero attached hydrogens (tertiary/aromatic N) is 2. The minimum absolute atomic E-state index is 0.0793. The first-order chi connectivity index (χ1) is 7.85. The van der Waals surface area contributed by atoms with E-state index < -0.39 is 13.6 Å². The van der Waals surface area contributed by atoms with Crippen LogP contribution in [0, 0.1) is 5.92 Å². The molecule has 0 fully saturated rings. The molecule has 9 heteroatoms. The summed E-state index contributed by atoms with van der Waals surface area (Å²) in [6.07, 6.45) is 1.14. The molecule has 8 nitrogen and oxygen atoms in total. The first-order valence-corrected chi connectivity index (χ1v) is 6.74. The van der Waals surface area contributed by atoms with Gasteiger partial charge < -0.3 is 24.8 Å². The van der Waals surface area contributed by atoms with Crippen LogP contribution < -0.4 is 5.32 Å². The maximum absolute atomic E-state index is 10.9. The van der Waals surface area contributed by atoms with Gasteiger partial charge in [0.05, 0.1) is 6.16 Å². The van der Waals surface area contributed by atoms with Gasteiger partial charge in [0.2, 0.25) is 5.95 Å². The van der Waals surface area contributed by atoms with Gasteiger partial charge in [-0.2, -0.15) is 0 Å². The van der Waals surface area contributed by atoms with Gasteiger partial charge in [-0.3, -0.25) is 4.57 Å². The normalized spacial score (nSPS) is 19.5. The quantitative estimate of drug-likeness (QED) is 0.555. The van der Waals surface area contributed by atoms with Crippen molar-refractivity contribution in [3.8, 4) is 0 Å². The van der Waals surface area contributed by atoms with E-state index in [4.69, 9.17) is 14.9 Å². The Morgan fingerprint density at radius 1 is 1.65 bits per heavy atom. The highest BCUT2D eigenvalue weighted by molar-refractivity contribution is 7.51. The van der Waals surface area contributed by atoms with Gasteiger partial charge in [0, 0.05) is 25.2 Å². The van der Waals surface area contributed by atoms with E-state index in [1.807, 2.05) is 0 Å². The summed E-state index contributed by atoms with van der Waals surface area (Å²) in [4.78, 5) is 32.3. The van der Waals surface area contributed by atoms with E-state index in [9.17, 15) is 9.36 Å². The van der Waals surface area contributed by atoms with E-state index in [1.165, 1.54) is 6.20 Å². The van der Waals surface area contributed by atoms with E-state index in [0.717, 1.165) is 0 Å². The summed E-state index contributed by atoms with van der Waals surface area (Å²) in [5, 5.41) is 11.6. The molecule has 17 heavy (non-hydrogen) atoms. The molecule has 1 aromatic heterocycles. The average Bonchev–Trinajstić information content (AvgIpc) is 2.57. The Balaban J connectivity index is 2.13.